The van der Waals surface area contributed by atoms with Crippen LogP contribution >= 0.6 is 0 Å². The minimum Gasteiger partial charge on any atom is -0.294 e. The minimum atomic E-state index is 0.138. The molecule has 0 atom stereocenters. The molecule has 0 N–H and O–H groups in total. The molecular formula is C22H17NO. The number of carbonyl (C=O) groups excluding carboxylic acids is 1. The first-order valence-electron chi connectivity index (χ1n) is 7.94. The SMILES string of the molecule is N#Cc1ccc(CCC(=O)c2ccc(-c3ccccc3)cc2)cc1. The van der Waals surface area contributed by atoms with E-state index in [1.807, 2.05) is 54.6 Å². The van der Waals surface area contributed by atoms with E-state index in [-0.39, 0.29) is 5.78 Å². The number of Topliss-reactive ketones (excluding diaryl/α,β-unsaturated/α-hetero) is 1. The Morgan fingerprint density at radius 2 is 1.42 bits per heavy atom. The summed E-state index contributed by atoms with van der Waals surface area (Å²) in [6, 6.07) is 27.4. The van der Waals surface area contributed by atoms with Gasteiger partial charge in [0.2, 0.25) is 0 Å². The molecule has 0 saturated heterocycles. The third kappa shape index (κ3) is 3.77. The van der Waals surface area contributed by atoms with Crippen LogP contribution in [0.3, 0.4) is 0 Å². The van der Waals surface area contributed by atoms with Crippen molar-refractivity contribution in [3.8, 4) is 17.2 Å². The van der Waals surface area contributed by atoms with Crippen molar-refractivity contribution in [3.63, 3.8) is 0 Å². The minimum absolute atomic E-state index is 0.138. The molecule has 0 aliphatic carbocycles. The van der Waals surface area contributed by atoms with Gasteiger partial charge in [-0.05, 0) is 35.2 Å². The topological polar surface area (TPSA) is 40.9 Å². The molecule has 0 bridgehead atoms. The summed E-state index contributed by atoms with van der Waals surface area (Å²) in [7, 11) is 0. The lowest BCUT2D eigenvalue weighted by molar-refractivity contribution is 0.0983. The first-order chi connectivity index (χ1) is 11.8. The van der Waals surface area contributed by atoms with Crippen molar-refractivity contribution in [2.75, 3.05) is 0 Å². The van der Waals surface area contributed by atoms with Crippen molar-refractivity contribution in [1.29, 1.82) is 5.26 Å². The molecule has 0 aliphatic rings. The smallest absolute Gasteiger partial charge is 0.163 e. The summed E-state index contributed by atoms with van der Waals surface area (Å²) in [5.41, 5.74) is 4.71. The molecule has 2 heteroatoms. The second-order valence-corrected chi connectivity index (χ2v) is 5.68. The van der Waals surface area contributed by atoms with Crippen molar-refractivity contribution in [2.45, 2.75) is 12.8 Å². The Morgan fingerprint density at radius 1 is 0.792 bits per heavy atom. The van der Waals surface area contributed by atoms with Crippen LogP contribution in [0.1, 0.15) is 27.9 Å². The van der Waals surface area contributed by atoms with Gasteiger partial charge in [-0.15, -0.1) is 0 Å². The average Bonchev–Trinajstić information content (AvgIpc) is 2.67. The second-order valence-electron chi connectivity index (χ2n) is 5.68. The van der Waals surface area contributed by atoms with E-state index in [2.05, 4.69) is 18.2 Å². The van der Waals surface area contributed by atoms with Gasteiger partial charge in [-0.2, -0.15) is 5.26 Å². The maximum atomic E-state index is 12.3. The molecule has 0 saturated carbocycles. The fourth-order valence-electron chi connectivity index (χ4n) is 2.63. The number of nitrogens with zero attached hydrogens (tertiary/aromatic N) is 1. The van der Waals surface area contributed by atoms with Crippen molar-refractivity contribution in [3.05, 3.63) is 95.6 Å². The van der Waals surface area contributed by atoms with Crippen molar-refractivity contribution < 1.29 is 4.79 Å². The zero-order valence-electron chi connectivity index (χ0n) is 13.3. The molecule has 0 unspecified atom stereocenters. The number of benzene rings is 3. The van der Waals surface area contributed by atoms with Crippen molar-refractivity contribution in [1.82, 2.24) is 0 Å². The highest BCUT2D eigenvalue weighted by Gasteiger charge is 2.07. The van der Waals surface area contributed by atoms with Gasteiger partial charge in [0, 0.05) is 12.0 Å². The fraction of sp³-hybridized carbons (Fsp3) is 0.0909. The third-order valence-electron chi connectivity index (χ3n) is 4.04. The lowest BCUT2D eigenvalue weighted by atomic mass is 9.99. The lowest BCUT2D eigenvalue weighted by Gasteiger charge is -2.05. The van der Waals surface area contributed by atoms with E-state index >= 15 is 0 Å². The van der Waals surface area contributed by atoms with Gasteiger partial charge in [-0.1, -0.05) is 66.7 Å². The average molecular weight is 311 g/mol. The van der Waals surface area contributed by atoms with Gasteiger partial charge < -0.3 is 0 Å². The Hall–Kier alpha value is -3.18. The van der Waals surface area contributed by atoms with Crippen LogP contribution in [-0.2, 0) is 6.42 Å². The highest BCUT2D eigenvalue weighted by atomic mass is 16.1. The van der Waals surface area contributed by atoms with E-state index in [0.29, 0.717) is 18.4 Å². The van der Waals surface area contributed by atoms with E-state index < -0.39 is 0 Å². The summed E-state index contributed by atoms with van der Waals surface area (Å²) >= 11 is 0. The molecule has 24 heavy (non-hydrogen) atoms. The number of nitriles is 1. The van der Waals surface area contributed by atoms with Gasteiger partial charge >= 0.3 is 0 Å². The fourth-order valence-corrected chi connectivity index (χ4v) is 2.63. The molecule has 3 aromatic carbocycles. The Kier molecular flexibility index (Phi) is 4.84. The van der Waals surface area contributed by atoms with Crippen LogP contribution in [0.2, 0.25) is 0 Å². The lowest BCUT2D eigenvalue weighted by Crippen LogP contribution is -2.01. The summed E-state index contributed by atoms with van der Waals surface area (Å²) < 4.78 is 0. The molecule has 0 amide bonds. The number of hydrogen-bond donors (Lipinski definition) is 0. The highest BCUT2D eigenvalue weighted by molar-refractivity contribution is 5.96. The van der Waals surface area contributed by atoms with Crippen LogP contribution < -0.4 is 0 Å². The maximum Gasteiger partial charge on any atom is 0.163 e. The molecule has 0 fully saturated rings. The van der Waals surface area contributed by atoms with E-state index in [1.165, 1.54) is 0 Å². The summed E-state index contributed by atoms with van der Waals surface area (Å²) in [5.74, 6) is 0.138. The normalized spacial score (nSPS) is 10.1. The molecule has 0 radical (unpaired) electrons. The highest BCUT2D eigenvalue weighted by Crippen LogP contribution is 2.20. The number of ketones is 1. The van der Waals surface area contributed by atoms with Crippen LogP contribution in [0.5, 0.6) is 0 Å². The summed E-state index contributed by atoms with van der Waals surface area (Å²) in [5, 5.41) is 8.80. The molecule has 3 rings (SSSR count). The number of rotatable bonds is 5. The number of hydrogen-bond acceptors (Lipinski definition) is 2. The standard InChI is InChI=1S/C22H17NO/c23-16-18-8-6-17(7-9-18)10-15-22(24)21-13-11-20(12-14-21)19-4-2-1-3-5-19/h1-9,11-14H,10,15H2. The molecular weight excluding hydrogens is 294 g/mol. The predicted octanol–water partition coefficient (Wildman–Crippen LogP) is 5.04. The largest absolute Gasteiger partial charge is 0.294 e. The van der Waals surface area contributed by atoms with Gasteiger partial charge in [-0.3, -0.25) is 4.79 Å². The zero-order valence-corrected chi connectivity index (χ0v) is 13.3. The molecule has 0 aromatic heterocycles. The third-order valence-corrected chi connectivity index (χ3v) is 4.04. The van der Waals surface area contributed by atoms with Crippen LogP contribution in [0.15, 0.2) is 78.9 Å². The molecule has 3 aromatic rings. The van der Waals surface area contributed by atoms with Crippen molar-refractivity contribution >= 4 is 5.78 Å². The number of carbonyl (C=O) groups is 1. The Morgan fingerprint density at radius 3 is 2.04 bits per heavy atom. The summed E-state index contributed by atoms with van der Waals surface area (Å²) in [6.07, 6.45) is 1.15. The summed E-state index contributed by atoms with van der Waals surface area (Å²) in [4.78, 5) is 12.3. The molecule has 0 heterocycles. The summed E-state index contributed by atoms with van der Waals surface area (Å²) in [6.45, 7) is 0. The molecule has 0 spiro atoms. The number of aryl methyl sites for hydroxylation is 1. The van der Waals surface area contributed by atoms with Gasteiger partial charge in [0.1, 0.15) is 0 Å². The van der Waals surface area contributed by atoms with Crippen LogP contribution in [0.4, 0.5) is 0 Å². The quantitative estimate of drug-likeness (QED) is 0.619. The molecule has 2 nitrogen and oxygen atoms in total. The van der Waals surface area contributed by atoms with Crippen LogP contribution in [-0.4, -0.2) is 5.78 Å². The van der Waals surface area contributed by atoms with E-state index in [0.717, 1.165) is 22.3 Å². The van der Waals surface area contributed by atoms with Crippen molar-refractivity contribution in [2.24, 2.45) is 0 Å². The molecule has 116 valence electrons. The van der Waals surface area contributed by atoms with Crippen LogP contribution in [0, 0.1) is 11.3 Å². The van der Waals surface area contributed by atoms with Gasteiger partial charge in [0.25, 0.3) is 0 Å². The Balaban J connectivity index is 1.63. The van der Waals surface area contributed by atoms with Gasteiger partial charge in [0.15, 0.2) is 5.78 Å². The van der Waals surface area contributed by atoms with E-state index in [4.69, 9.17) is 5.26 Å². The maximum absolute atomic E-state index is 12.3. The van der Waals surface area contributed by atoms with E-state index in [9.17, 15) is 4.79 Å². The first-order valence-corrected chi connectivity index (χ1v) is 7.94. The van der Waals surface area contributed by atoms with E-state index in [1.54, 1.807) is 12.1 Å². The first kappa shape index (κ1) is 15.7. The predicted molar refractivity (Wildman–Crippen MR) is 95.7 cm³/mol. The second kappa shape index (κ2) is 7.39. The Labute approximate surface area is 142 Å². The van der Waals surface area contributed by atoms with Gasteiger partial charge in [0.05, 0.1) is 11.6 Å². The Bertz CT molecular complexity index is 857. The van der Waals surface area contributed by atoms with Crippen LogP contribution in [0.25, 0.3) is 11.1 Å². The van der Waals surface area contributed by atoms with Gasteiger partial charge in [-0.25, -0.2) is 0 Å². The zero-order chi connectivity index (χ0) is 16.8. The monoisotopic (exact) mass is 311 g/mol. The molecule has 0 aliphatic heterocycles.